The van der Waals surface area contributed by atoms with Crippen molar-refractivity contribution in [3.8, 4) is 17.5 Å². The van der Waals surface area contributed by atoms with E-state index in [4.69, 9.17) is 10.00 Å². The summed E-state index contributed by atoms with van der Waals surface area (Å²) in [6, 6.07) is 16.1. The van der Waals surface area contributed by atoms with Crippen molar-refractivity contribution in [3.63, 3.8) is 0 Å². The summed E-state index contributed by atoms with van der Waals surface area (Å²) in [5.41, 5.74) is 5.61. The topological polar surface area (TPSA) is 89.5 Å². The van der Waals surface area contributed by atoms with Gasteiger partial charge in [-0.15, -0.1) is 0 Å². The number of hydrogen-bond donors (Lipinski definition) is 3. The Morgan fingerprint density at radius 3 is 2.92 bits per heavy atom. The maximum atomic E-state index is 9.05. The van der Waals surface area contributed by atoms with Gasteiger partial charge >= 0.3 is 0 Å². The molecule has 4 rings (SSSR count). The summed E-state index contributed by atoms with van der Waals surface area (Å²) >= 11 is 0. The minimum atomic E-state index is 0.619. The van der Waals surface area contributed by atoms with E-state index in [2.05, 4.69) is 50.8 Å². The van der Waals surface area contributed by atoms with Crippen molar-refractivity contribution < 1.29 is 4.74 Å². The number of nitrogens with zero attached hydrogens (tertiary/aromatic N) is 2. The van der Waals surface area contributed by atoms with Crippen LogP contribution in [0.3, 0.4) is 0 Å². The molecule has 0 radical (unpaired) electrons. The molecule has 130 valence electrons. The highest BCUT2D eigenvalue weighted by Crippen LogP contribution is 2.30. The molecule has 3 N–H and O–H groups in total. The van der Waals surface area contributed by atoms with Gasteiger partial charge in [0.15, 0.2) is 0 Å². The number of benzene rings is 2. The molecule has 2 heterocycles. The van der Waals surface area contributed by atoms with Gasteiger partial charge in [-0.05, 0) is 35.9 Å². The summed E-state index contributed by atoms with van der Waals surface area (Å²) in [4.78, 5) is 3.46. The molecule has 2 aromatic heterocycles. The summed E-state index contributed by atoms with van der Waals surface area (Å²) in [6.45, 7) is 2.29. The lowest BCUT2D eigenvalue weighted by Crippen LogP contribution is -2.18. The minimum absolute atomic E-state index is 0.619. The first-order valence-corrected chi connectivity index (χ1v) is 8.49. The lowest BCUT2D eigenvalue weighted by molar-refractivity contribution is 0.199. The van der Waals surface area contributed by atoms with Crippen LogP contribution in [-0.2, 0) is 11.3 Å². The SMILES string of the molecule is COCCNCc1cccc2[nH]c(-c3n[nH]c4cc(C#N)ccc34)cc12. The number of nitriles is 1. The van der Waals surface area contributed by atoms with Crippen LogP contribution in [0, 0.1) is 11.3 Å². The predicted octanol–water partition coefficient (Wildman–Crippen LogP) is 3.32. The fourth-order valence-electron chi connectivity index (χ4n) is 3.19. The van der Waals surface area contributed by atoms with E-state index >= 15 is 0 Å². The third kappa shape index (κ3) is 2.94. The van der Waals surface area contributed by atoms with Gasteiger partial charge in [-0.25, -0.2) is 0 Å². The maximum Gasteiger partial charge on any atom is 0.116 e. The van der Waals surface area contributed by atoms with E-state index in [0.29, 0.717) is 12.2 Å². The Hall–Kier alpha value is -3.14. The van der Waals surface area contributed by atoms with E-state index in [1.54, 1.807) is 7.11 Å². The van der Waals surface area contributed by atoms with Crippen molar-refractivity contribution in [2.75, 3.05) is 20.3 Å². The third-order valence-electron chi connectivity index (χ3n) is 4.50. The third-order valence-corrected chi connectivity index (χ3v) is 4.50. The summed E-state index contributed by atoms with van der Waals surface area (Å²) in [6.07, 6.45) is 0. The van der Waals surface area contributed by atoms with Gasteiger partial charge in [0, 0.05) is 36.5 Å². The minimum Gasteiger partial charge on any atom is -0.383 e. The molecule has 0 aliphatic rings. The number of fused-ring (bicyclic) bond motifs is 2. The van der Waals surface area contributed by atoms with Crippen molar-refractivity contribution in [1.82, 2.24) is 20.5 Å². The Balaban J connectivity index is 1.71. The number of ether oxygens (including phenoxy) is 1. The molecule has 0 unspecified atom stereocenters. The number of nitrogens with one attached hydrogen (secondary N) is 3. The van der Waals surface area contributed by atoms with Crippen molar-refractivity contribution in [2.45, 2.75) is 6.54 Å². The van der Waals surface area contributed by atoms with E-state index < -0.39 is 0 Å². The van der Waals surface area contributed by atoms with Gasteiger partial charge in [-0.2, -0.15) is 10.4 Å². The summed E-state index contributed by atoms with van der Waals surface area (Å²) < 4.78 is 5.08. The van der Waals surface area contributed by atoms with Crippen LogP contribution in [0.4, 0.5) is 0 Å². The molecule has 0 amide bonds. The number of H-pyrrole nitrogens is 2. The Morgan fingerprint density at radius 1 is 1.15 bits per heavy atom. The monoisotopic (exact) mass is 345 g/mol. The van der Waals surface area contributed by atoms with Crippen LogP contribution in [0.1, 0.15) is 11.1 Å². The average Bonchev–Trinajstić information content (AvgIpc) is 3.28. The van der Waals surface area contributed by atoms with Gasteiger partial charge in [0.25, 0.3) is 0 Å². The Labute approximate surface area is 150 Å². The molecule has 0 saturated carbocycles. The molecule has 6 nitrogen and oxygen atoms in total. The molecule has 0 atom stereocenters. The maximum absolute atomic E-state index is 9.05. The zero-order valence-corrected chi connectivity index (χ0v) is 14.5. The Morgan fingerprint density at radius 2 is 2.08 bits per heavy atom. The zero-order chi connectivity index (χ0) is 17.9. The molecule has 26 heavy (non-hydrogen) atoms. The normalized spacial score (nSPS) is 11.2. The van der Waals surface area contributed by atoms with Gasteiger partial charge in [0.1, 0.15) is 5.69 Å². The molecular formula is C20H19N5O. The zero-order valence-electron chi connectivity index (χ0n) is 14.5. The number of aromatic amines is 2. The number of methoxy groups -OCH3 is 1. The van der Waals surface area contributed by atoms with Gasteiger partial charge in [-0.1, -0.05) is 12.1 Å². The molecule has 0 fully saturated rings. The van der Waals surface area contributed by atoms with Crippen LogP contribution in [0.15, 0.2) is 42.5 Å². The number of aromatic nitrogens is 3. The fourth-order valence-corrected chi connectivity index (χ4v) is 3.19. The van der Waals surface area contributed by atoms with E-state index in [0.717, 1.165) is 40.9 Å². The first-order chi connectivity index (χ1) is 12.8. The van der Waals surface area contributed by atoms with Crippen LogP contribution < -0.4 is 5.32 Å². The second-order valence-corrected chi connectivity index (χ2v) is 6.18. The Bertz CT molecular complexity index is 1100. The van der Waals surface area contributed by atoms with Crippen LogP contribution >= 0.6 is 0 Å². The van der Waals surface area contributed by atoms with Crippen LogP contribution in [0.25, 0.3) is 33.2 Å². The molecule has 2 aromatic carbocycles. The molecule has 0 spiro atoms. The first-order valence-electron chi connectivity index (χ1n) is 8.49. The highest BCUT2D eigenvalue weighted by molar-refractivity contribution is 5.96. The first kappa shape index (κ1) is 16.3. The predicted molar refractivity (Wildman–Crippen MR) is 102 cm³/mol. The van der Waals surface area contributed by atoms with Crippen LogP contribution in [0.2, 0.25) is 0 Å². The molecular weight excluding hydrogens is 326 g/mol. The van der Waals surface area contributed by atoms with E-state index in [9.17, 15) is 0 Å². The van der Waals surface area contributed by atoms with E-state index in [1.165, 1.54) is 10.9 Å². The summed E-state index contributed by atoms with van der Waals surface area (Å²) in [5.74, 6) is 0. The van der Waals surface area contributed by atoms with Crippen molar-refractivity contribution in [2.24, 2.45) is 0 Å². The molecule has 4 aromatic rings. The van der Waals surface area contributed by atoms with Crippen molar-refractivity contribution in [3.05, 3.63) is 53.6 Å². The smallest absolute Gasteiger partial charge is 0.116 e. The van der Waals surface area contributed by atoms with Gasteiger partial charge in [0.05, 0.1) is 29.5 Å². The standard InChI is InChI=1S/C20H19N5O/c1-26-8-7-22-12-14-3-2-4-17-16(14)10-19(23-17)20-15-6-5-13(11-21)9-18(15)24-25-20/h2-6,9-10,22-23H,7-8,12H2,1H3,(H,24,25). The summed E-state index contributed by atoms with van der Waals surface area (Å²) in [5, 5.41) is 22.1. The molecule has 0 bridgehead atoms. The van der Waals surface area contributed by atoms with Gasteiger partial charge in [0.2, 0.25) is 0 Å². The molecule has 6 heteroatoms. The largest absolute Gasteiger partial charge is 0.383 e. The second kappa shape index (κ2) is 7.00. The van der Waals surface area contributed by atoms with Crippen molar-refractivity contribution in [1.29, 1.82) is 5.26 Å². The van der Waals surface area contributed by atoms with Crippen LogP contribution in [0.5, 0.6) is 0 Å². The number of hydrogen-bond acceptors (Lipinski definition) is 4. The molecule has 0 aliphatic heterocycles. The Kier molecular flexibility index (Phi) is 4.40. The van der Waals surface area contributed by atoms with E-state index in [1.807, 2.05) is 18.2 Å². The average molecular weight is 345 g/mol. The molecule has 0 aliphatic carbocycles. The van der Waals surface area contributed by atoms with E-state index in [-0.39, 0.29) is 0 Å². The van der Waals surface area contributed by atoms with Crippen LogP contribution in [-0.4, -0.2) is 35.4 Å². The molecule has 0 saturated heterocycles. The highest BCUT2D eigenvalue weighted by atomic mass is 16.5. The lowest BCUT2D eigenvalue weighted by Gasteiger charge is -2.05. The lowest BCUT2D eigenvalue weighted by atomic mass is 10.1. The second-order valence-electron chi connectivity index (χ2n) is 6.18. The number of rotatable bonds is 6. The van der Waals surface area contributed by atoms with Crippen molar-refractivity contribution >= 4 is 21.8 Å². The summed E-state index contributed by atoms with van der Waals surface area (Å²) in [7, 11) is 1.70. The van der Waals surface area contributed by atoms with Gasteiger partial charge in [-0.3, -0.25) is 5.10 Å². The fraction of sp³-hybridized carbons (Fsp3) is 0.200. The quantitative estimate of drug-likeness (QED) is 0.468. The van der Waals surface area contributed by atoms with Gasteiger partial charge < -0.3 is 15.0 Å². The highest BCUT2D eigenvalue weighted by Gasteiger charge is 2.13.